The van der Waals surface area contributed by atoms with Gasteiger partial charge in [-0.1, -0.05) is 0 Å². The van der Waals surface area contributed by atoms with Gasteiger partial charge in [0.15, 0.2) is 24.4 Å². The van der Waals surface area contributed by atoms with Crippen LogP contribution in [0.15, 0.2) is 16.6 Å². The van der Waals surface area contributed by atoms with Gasteiger partial charge in [-0.2, -0.15) is 0 Å². The van der Waals surface area contributed by atoms with Gasteiger partial charge in [-0.3, -0.25) is 9.59 Å². The van der Waals surface area contributed by atoms with E-state index in [1.807, 2.05) is 4.90 Å². The standard InChI is InChI=1S/C17H22BrNO4/c1-11-5-4-6-12(2)19(11)17(21)10-23-16-7-13(9-20)14(18)8-15(16)22-3/h7-9,11-12H,4-6,10H2,1-3H3/t11-,12+. The van der Waals surface area contributed by atoms with E-state index in [4.69, 9.17) is 9.47 Å². The minimum Gasteiger partial charge on any atom is -0.493 e. The second kappa shape index (κ2) is 7.81. The number of aldehydes is 1. The fourth-order valence-electron chi connectivity index (χ4n) is 3.04. The molecule has 0 spiro atoms. The molecule has 0 unspecified atom stereocenters. The van der Waals surface area contributed by atoms with Crippen LogP contribution in [0.25, 0.3) is 0 Å². The van der Waals surface area contributed by atoms with Crippen molar-refractivity contribution in [2.45, 2.75) is 45.2 Å². The van der Waals surface area contributed by atoms with Crippen molar-refractivity contribution >= 4 is 28.1 Å². The Balaban J connectivity index is 2.10. The molecule has 0 N–H and O–H groups in total. The first-order valence-corrected chi connectivity index (χ1v) is 8.54. The van der Waals surface area contributed by atoms with Crippen LogP contribution in [0.4, 0.5) is 0 Å². The molecular weight excluding hydrogens is 362 g/mol. The highest BCUT2D eigenvalue weighted by Crippen LogP contribution is 2.33. The van der Waals surface area contributed by atoms with Crippen LogP contribution in [0.1, 0.15) is 43.5 Å². The number of amides is 1. The molecule has 2 rings (SSSR count). The average molecular weight is 384 g/mol. The van der Waals surface area contributed by atoms with Crippen LogP contribution in [0.5, 0.6) is 11.5 Å². The van der Waals surface area contributed by atoms with Crippen molar-refractivity contribution in [2.75, 3.05) is 13.7 Å². The predicted molar refractivity (Wildman–Crippen MR) is 91.2 cm³/mol. The number of likely N-dealkylation sites (tertiary alicyclic amines) is 1. The Kier molecular flexibility index (Phi) is 6.04. The van der Waals surface area contributed by atoms with E-state index in [1.165, 1.54) is 7.11 Å². The molecule has 0 saturated carbocycles. The molecule has 1 fully saturated rings. The smallest absolute Gasteiger partial charge is 0.260 e. The molecule has 1 amide bonds. The van der Waals surface area contributed by atoms with Crippen LogP contribution in [0.3, 0.4) is 0 Å². The Morgan fingerprint density at radius 2 is 1.96 bits per heavy atom. The summed E-state index contributed by atoms with van der Waals surface area (Å²) in [6, 6.07) is 3.70. The molecule has 1 aliphatic heterocycles. The van der Waals surface area contributed by atoms with E-state index in [0.717, 1.165) is 25.5 Å². The zero-order valence-corrected chi connectivity index (χ0v) is 15.3. The molecule has 6 heteroatoms. The maximum atomic E-state index is 12.5. The van der Waals surface area contributed by atoms with E-state index in [2.05, 4.69) is 29.8 Å². The van der Waals surface area contributed by atoms with E-state index in [9.17, 15) is 9.59 Å². The molecule has 1 heterocycles. The quantitative estimate of drug-likeness (QED) is 0.730. The molecule has 1 aliphatic rings. The summed E-state index contributed by atoms with van der Waals surface area (Å²) in [5, 5.41) is 0. The number of hydrogen-bond donors (Lipinski definition) is 0. The van der Waals surface area contributed by atoms with Gasteiger partial charge in [0, 0.05) is 22.1 Å². The summed E-state index contributed by atoms with van der Waals surface area (Å²) in [5.74, 6) is 0.834. The molecule has 0 aliphatic carbocycles. The first-order chi connectivity index (χ1) is 11.0. The average Bonchev–Trinajstić information content (AvgIpc) is 2.53. The predicted octanol–water partition coefficient (Wildman–Crippen LogP) is 3.44. The molecule has 0 aromatic heterocycles. The Hall–Kier alpha value is -1.56. The van der Waals surface area contributed by atoms with E-state index < -0.39 is 0 Å². The van der Waals surface area contributed by atoms with Crippen LogP contribution in [-0.2, 0) is 4.79 Å². The van der Waals surface area contributed by atoms with Crippen molar-refractivity contribution in [3.8, 4) is 11.5 Å². The maximum absolute atomic E-state index is 12.5. The third-order valence-corrected chi connectivity index (χ3v) is 4.93. The highest BCUT2D eigenvalue weighted by molar-refractivity contribution is 9.10. The number of benzene rings is 1. The number of rotatable bonds is 5. The first kappa shape index (κ1) is 17.8. The van der Waals surface area contributed by atoms with E-state index >= 15 is 0 Å². The zero-order valence-electron chi connectivity index (χ0n) is 13.7. The van der Waals surface area contributed by atoms with Gasteiger partial charge in [0.05, 0.1) is 7.11 Å². The third kappa shape index (κ3) is 4.05. The number of carbonyl (C=O) groups excluding carboxylic acids is 2. The molecule has 1 aromatic rings. The van der Waals surface area contributed by atoms with Gasteiger partial charge in [0.2, 0.25) is 0 Å². The zero-order chi connectivity index (χ0) is 17.0. The summed E-state index contributed by atoms with van der Waals surface area (Å²) in [6.45, 7) is 4.07. The highest BCUT2D eigenvalue weighted by Gasteiger charge is 2.29. The van der Waals surface area contributed by atoms with Crippen LogP contribution >= 0.6 is 15.9 Å². The van der Waals surface area contributed by atoms with Crippen LogP contribution in [0, 0.1) is 0 Å². The van der Waals surface area contributed by atoms with Gasteiger partial charge in [0.25, 0.3) is 5.91 Å². The van der Waals surface area contributed by atoms with Crippen LogP contribution in [0.2, 0.25) is 0 Å². The molecule has 2 atom stereocenters. The number of ether oxygens (including phenoxy) is 2. The minimum absolute atomic E-state index is 0.0395. The van der Waals surface area contributed by atoms with Crippen molar-refractivity contribution < 1.29 is 19.1 Å². The van der Waals surface area contributed by atoms with E-state index in [1.54, 1.807) is 12.1 Å². The fraction of sp³-hybridized carbons (Fsp3) is 0.529. The number of nitrogens with zero attached hydrogens (tertiary/aromatic N) is 1. The van der Waals surface area contributed by atoms with Crippen molar-refractivity contribution in [3.05, 3.63) is 22.2 Å². The summed E-state index contributed by atoms with van der Waals surface area (Å²) >= 11 is 3.30. The lowest BCUT2D eigenvalue weighted by atomic mass is 9.97. The van der Waals surface area contributed by atoms with Gasteiger partial charge in [0.1, 0.15) is 0 Å². The number of methoxy groups -OCH3 is 1. The van der Waals surface area contributed by atoms with Gasteiger partial charge in [-0.25, -0.2) is 0 Å². The van der Waals surface area contributed by atoms with E-state index in [0.29, 0.717) is 21.5 Å². The molecular formula is C17H22BrNO4. The largest absolute Gasteiger partial charge is 0.493 e. The van der Waals surface area contributed by atoms with E-state index in [-0.39, 0.29) is 24.6 Å². The number of carbonyl (C=O) groups is 2. The topological polar surface area (TPSA) is 55.8 Å². The maximum Gasteiger partial charge on any atom is 0.260 e. The first-order valence-electron chi connectivity index (χ1n) is 7.74. The summed E-state index contributed by atoms with van der Waals surface area (Å²) in [5.41, 5.74) is 0.452. The Labute approximate surface area is 145 Å². The Bertz CT molecular complexity index is 580. The SMILES string of the molecule is COc1cc(Br)c(C=O)cc1OCC(=O)N1[C@H](C)CCC[C@@H]1C. The Morgan fingerprint density at radius 1 is 1.30 bits per heavy atom. The molecule has 0 radical (unpaired) electrons. The van der Waals surface area contributed by atoms with Gasteiger partial charge in [-0.05, 0) is 61.2 Å². The van der Waals surface area contributed by atoms with Gasteiger partial charge >= 0.3 is 0 Å². The summed E-state index contributed by atoms with van der Waals surface area (Å²) in [6.07, 6.45) is 3.92. The number of halogens is 1. The molecule has 23 heavy (non-hydrogen) atoms. The molecule has 126 valence electrons. The monoisotopic (exact) mass is 383 g/mol. The van der Waals surface area contributed by atoms with Crippen molar-refractivity contribution in [1.82, 2.24) is 4.90 Å². The van der Waals surface area contributed by atoms with Crippen molar-refractivity contribution in [3.63, 3.8) is 0 Å². The lowest BCUT2D eigenvalue weighted by molar-refractivity contribution is -0.139. The number of piperidine rings is 1. The molecule has 1 aromatic carbocycles. The van der Waals surface area contributed by atoms with Gasteiger partial charge < -0.3 is 14.4 Å². The molecule has 0 bridgehead atoms. The van der Waals surface area contributed by atoms with Crippen molar-refractivity contribution in [2.24, 2.45) is 0 Å². The van der Waals surface area contributed by atoms with Crippen LogP contribution in [-0.4, -0.2) is 42.9 Å². The fourth-order valence-corrected chi connectivity index (χ4v) is 3.46. The second-order valence-corrected chi connectivity index (χ2v) is 6.72. The lowest BCUT2D eigenvalue weighted by Crippen LogP contribution is -2.49. The summed E-state index contributed by atoms with van der Waals surface area (Å²) < 4.78 is 11.5. The number of hydrogen-bond acceptors (Lipinski definition) is 4. The Morgan fingerprint density at radius 3 is 2.52 bits per heavy atom. The third-order valence-electron chi connectivity index (χ3n) is 4.24. The normalized spacial score (nSPS) is 21.0. The van der Waals surface area contributed by atoms with Crippen LogP contribution < -0.4 is 9.47 Å². The van der Waals surface area contributed by atoms with Gasteiger partial charge in [-0.15, -0.1) is 0 Å². The second-order valence-electron chi connectivity index (χ2n) is 5.86. The minimum atomic E-state index is -0.0645. The molecule has 1 saturated heterocycles. The summed E-state index contributed by atoms with van der Waals surface area (Å²) in [7, 11) is 1.52. The summed E-state index contributed by atoms with van der Waals surface area (Å²) in [4.78, 5) is 25.4. The van der Waals surface area contributed by atoms with Crippen molar-refractivity contribution in [1.29, 1.82) is 0 Å². The lowest BCUT2D eigenvalue weighted by Gasteiger charge is -2.39. The molecule has 5 nitrogen and oxygen atoms in total. The highest BCUT2D eigenvalue weighted by atomic mass is 79.9.